The van der Waals surface area contributed by atoms with Gasteiger partial charge < -0.3 is 10.6 Å². The number of likely N-dealkylation sites (N-methyl/N-ethyl adjacent to an activating group) is 1. The number of hydrogen-bond acceptors (Lipinski definition) is 2. The number of nitrogens with zero attached hydrogens (tertiary/aromatic N) is 1. The molecule has 0 heterocycles. The first-order chi connectivity index (χ1) is 10.2. The summed E-state index contributed by atoms with van der Waals surface area (Å²) >= 11 is 0. The van der Waals surface area contributed by atoms with Crippen LogP contribution in [-0.2, 0) is 6.42 Å². The van der Waals surface area contributed by atoms with E-state index >= 15 is 0 Å². The van der Waals surface area contributed by atoms with Crippen LogP contribution in [0.5, 0.6) is 0 Å². The first-order valence-electron chi connectivity index (χ1n) is 7.89. The summed E-state index contributed by atoms with van der Waals surface area (Å²) in [7, 11) is 2.20. The molecule has 0 spiro atoms. The van der Waals surface area contributed by atoms with Crippen LogP contribution in [0.1, 0.15) is 35.6 Å². The van der Waals surface area contributed by atoms with Crippen molar-refractivity contribution in [2.45, 2.75) is 31.3 Å². The molecule has 2 heteroatoms. The van der Waals surface area contributed by atoms with Crippen LogP contribution in [0.15, 0.2) is 42.5 Å². The van der Waals surface area contributed by atoms with E-state index in [0.717, 1.165) is 19.0 Å². The van der Waals surface area contributed by atoms with Crippen LogP contribution in [0.2, 0.25) is 0 Å². The third-order valence-corrected chi connectivity index (χ3v) is 4.90. The van der Waals surface area contributed by atoms with Crippen molar-refractivity contribution in [1.29, 1.82) is 0 Å². The minimum atomic E-state index is 0.115. The Balaban J connectivity index is 1.57. The van der Waals surface area contributed by atoms with E-state index < -0.39 is 0 Å². The van der Waals surface area contributed by atoms with E-state index in [-0.39, 0.29) is 6.04 Å². The van der Waals surface area contributed by atoms with Gasteiger partial charge in [-0.05, 0) is 54.1 Å². The van der Waals surface area contributed by atoms with Gasteiger partial charge in [-0.2, -0.15) is 0 Å². The second-order valence-electron chi connectivity index (χ2n) is 6.53. The van der Waals surface area contributed by atoms with Gasteiger partial charge in [-0.1, -0.05) is 42.5 Å². The maximum atomic E-state index is 6.42. The van der Waals surface area contributed by atoms with Crippen molar-refractivity contribution in [3.63, 3.8) is 0 Å². The Hall–Kier alpha value is -1.64. The predicted octanol–water partition coefficient (Wildman–Crippen LogP) is 3.35. The first kappa shape index (κ1) is 13.1. The summed E-state index contributed by atoms with van der Waals surface area (Å²) in [6.07, 6.45) is 3.72. The Labute approximate surface area is 126 Å². The first-order valence-corrected chi connectivity index (χ1v) is 7.89. The fourth-order valence-electron chi connectivity index (χ4n) is 3.48. The topological polar surface area (TPSA) is 29.3 Å². The smallest absolute Gasteiger partial charge is 0.0424 e. The molecule has 1 unspecified atom stereocenters. The molecule has 2 nitrogen and oxygen atoms in total. The van der Waals surface area contributed by atoms with E-state index in [1.165, 1.54) is 40.7 Å². The third kappa shape index (κ3) is 2.39. The predicted molar refractivity (Wildman–Crippen MR) is 87.3 cm³/mol. The molecule has 21 heavy (non-hydrogen) atoms. The number of rotatable bonds is 4. The van der Waals surface area contributed by atoms with Gasteiger partial charge in [0, 0.05) is 18.6 Å². The van der Waals surface area contributed by atoms with Gasteiger partial charge in [0.15, 0.2) is 0 Å². The summed E-state index contributed by atoms with van der Waals surface area (Å²) in [5.41, 5.74) is 13.3. The van der Waals surface area contributed by atoms with E-state index in [1.807, 2.05) is 0 Å². The van der Waals surface area contributed by atoms with Gasteiger partial charge in [0.1, 0.15) is 0 Å². The Kier molecular flexibility index (Phi) is 3.09. The molecule has 0 radical (unpaired) electrons. The fraction of sp³-hybridized carbons (Fsp3) is 0.368. The van der Waals surface area contributed by atoms with Crippen molar-refractivity contribution in [1.82, 2.24) is 4.90 Å². The van der Waals surface area contributed by atoms with Crippen molar-refractivity contribution in [2.24, 2.45) is 5.73 Å². The standard InChI is InChI=1S/C19H22N2/c1-21(16-7-8-16)12-19(20)14-6-9-18-15(11-14)10-13-4-2-3-5-17(13)18/h2-6,9,11,16,19H,7-8,10,12,20H2,1H3. The van der Waals surface area contributed by atoms with Crippen LogP contribution in [-0.4, -0.2) is 24.5 Å². The van der Waals surface area contributed by atoms with E-state index in [0.29, 0.717) is 0 Å². The highest BCUT2D eigenvalue weighted by Crippen LogP contribution is 2.37. The van der Waals surface area contributed by atoms with Gasteiger partial charge in [0.2, 0.25) is 0 Å². The van der Waals surface area contributed by atoms with Gasteiger partial charge in [-0.3, -0.25) is 0 Å². The Morgan fingerprint density at radius 2 is 1.86 bits per heavy atom. The normalized spacial score (nSPS) is 17.7. The third-order valence-electron chi connectivity index (χ3n) is 4.90. The molecule has 1 saturated carbocycles. The maximum absolute atomic E-state index is 6.42. The van der Waals surface area contributed by atoms with Crippen LogP contribution in [0.25, 0.3) is 11.1 Å². The van der Waals surface area contributed by atoms with E-state index in [4.69, 9.17) is 5.73 Å². The summed E-state index contributed by atoms with van der Waals surface area (Å²) in [5, 5.41) is 0. The molecule has 108 valence electrons. The summed E-state index contributed by atoms with van der Waals surface area (Å²) in [4.78, 5) is 2.41. The quantitative estimate of drug-likeness (QED) is 0.793. The number of nitrogens with two attached hydrogens (primary N) is 1. The van der Waals surface area contributed by atoms with Crippen LogP contribution >= 0.6 is 0 Å². The van der Waals surface area contributed by atoms with E-state index in [2.05, 4.69) is 54.4 Å². The van der Waals surface area contributed by atoms with Crippen LogP contribution in [0.4, 0.5) is 0 Å². The lowest BCUT2D eigenvalue weighted by Gasteiger charge is -2.21. The highest BCUT2D eigenvalue weighted by Gasteiger charge is 2.27. The van der Waals surface area contributed by atoms with Crippen LogP contribution in [0, 0.1) is 0 Å². The highest BCUT2D eigenvalue weighted by molar-refractivity contribution is 5.76. The summed E-state index contributed by atoms with van der Waals surface area (Å²) in [6.45, 7) is 0.955. The molecule has 1 atom stereocenters. The molecule has 2 N–H and O–H groups in total. The van der Waals surface area contributed by atoms with E-state index in [9.17, 15) is 0 Å². The second kappa shape index (κ2) is 4.97. The largest absolute Gasteiger partial charge is 0.323 e. The number of fused-ring (bicyclic) bond motifs is 3. The minimum Gasteiger partial charge on any atom is -0.323 e. The lowest BCUT2D eigenvalue weighted by atomic mass is 9.99. The van der Waals surface area contributed by atoms with Gasteiger partial charge in [0.05, 0.1) is 0 Å². The Morgan fingerprint density at radius 3 is 2.67 bits per heavy atom. The van der Waals surface area contributed by atoms with Crippen molar-refractivity contribution in [3.8, 4) is 11.1 Å². The zero-order chi connectivity index (χ0) is 14.4. The maximum Gasteiger partial charge on any atom is 0.0424 e. The molecular formula is C19H22N2. The molecule has 0 bridgehead atoms. The van der Waals surface area contributed by atoms with Crippen LogP contribution in [0.3, 0.4) is 0 Å². The molecule has 4 rings (SSSR count). The Bertz CT molecular complexity index is 673. The van der Waals surface area contributed by atoms with Crippen LogP contribution < -0.4 is 5.73 Å². The van der Waals surface area contributed by atoms with Gasteiger partial charge in [0.25, 0.3) is 0 Å². The van der Waals surface area contributed by atoms with Crippen molar-refractivity contribution < 1.29 is 0 Å². The molecule has 0 amide bonds. The fourth-order valence-corrected chi connectivity index (χ4v) is 3.48. The van der Waals surface area contributed by atoms with E-state index in [1.54, 1.807) is 0 Å². The zero-order valence-corrected chi connectivity index (χ0v) is 12.5. The highest BCUT2D eigenvalue weighted by atomic mass is 15.2. The summed E-state index contributed by atoms with van der Waals surface area (Å²) < 4.78 is 0. The minimum absolute atomic E-state index is 0.115. The molecule has 0 saturated heterocycles. The lowest BCUT2D eigenvalue weighted by molar-refractivity contribution is 0.303. The number of benzene rings is 2. The molecule has 2 aromatic carbocycles. The molecule has 2 aliphatic carbocycles. The summed E-state index contributed by atoms with van der Waals surface area (Å²) in [5.74, 6) is 0. The van der Waals surface area contributed by atoms with Crippen molar-refractivity contribution in [3.05, 3.63) is 59.2 Å². The molecule has 0 aliphatic heterocycles. The average Bonchev–Trinajstić information content (AvgIpc) is 3.27. The number of hydrogen-bond donors (Lipinski definition) is 1. The monoisotopic (exact) mass is 278 g/mol. The average molecular weight is 278 g/mol. The zero-order valence-electron chi connectivity index (χ0n) is 12.5. The van der Waals surface area contributed by atoms with Gasteiger partial charge in [-0.25, -0.2) is 0 Å². The SMILES string of the molecule is CN(CC(N)c1ccc2c(c1)Cc1ccccc1-2)C1CC1. The molecule has 2 aliphatic rings. The molecule has 0 aromatic heterocycles. The lowest BCUT2D eigenvalue weighted by Crippen LogP contribution is -2.30. The van der Waals surface area contributed by atoms with Crippen molar-refractivity contribution in [2.75, 3.05) is 13.6 Å². The van der Waals surface area contributed by atoms with Gasteiger partial charge in [-0.15, -0.1) is 0 Å². The van der Waals surface area contributed by atoms with Gasteiger partial charge >= 0.3 is 0 Å². The molecular weight excluding hydrogens is 256 g/mol. The summed E-state index contributed by atoms with van der Waals surface area (Å²) in [6, 6.07) is 16.4. The molecule has 2 aromatic rings. The Morgan fingerprint density at radius 1 is 1.10 bits per heavy atom. The second-order valence-corrected chi connectivity index (χ2v) is 6.53. The van der Waals surface area contributed by atoms with Crippen molar-refractivity contribution >= 4 is 0 Å². The molecule has 1 fully saturated rings.